The molecule has 6 rings (SSSR count). The largest absolute Gasteiger partial charge is 0.496 e. The first kappa shape index (κ1) is 19.6. The molecule has 0 aromatic heterocycles. The van der Waals surface area contributed by atoms with Crippen molar-refractivity contribution in [3.8, 4) is 5.75 Å². The van der Waals surface area contributed by atoms with E-state index in [2.05, 4.69) is 5.32 Å². The summed E-state index contributed by atoms with van der Waals surface area (Å²) >= 11 is 0. The van der Waals surface area contributed by atoms with Gasteiger partial charge in [-0.15, -0.1) is 0 Å². The number of amides is 3. The minimum atomic E-state index is -1.08. The summed E-state index contributed by atoms with van der Waals surface area (Å²) in [5.74, 6) is 2.41. The Bertz CT molecular complexity index is 875. The number of nitrogens with zero attached hydrogens (tertiary/aromatic N) is 1. The smallest absolute Gasteiger partial charge is 0.325 e. The standard InChI is InChI=1S/C24H30N2O4/c1-23(13-18-5-3-4-6-19(18)30-2)21(28)26(22(29)25-23)14-20(27)24-10-15-7-16(11-24)9-17(8-15)12-24/h3-6,15-17H,7-14H2,1-2H3,(H,25,29)/t15?,16?,17?,23-,24?/m0/s1. The lowest BCUT2D eigenvalue weighted by Gasteiger charge is -2.56. The van der Waals surface area contributed by atoms with E-state index >= 15 is 0 Å². The minimum Gasteiger partial charge on any atom is -0.496 e. The van der Waals surface area contributed by atoms with E-state index in [-0.39, 0.29) is 23.7 Å². The predicted molar refractivity (Wildman–Crippen MR) is 111 cm³/mol. The van der Waals surface area contributed by atoms with Crippen LogP contribution < -0.4 is 10.1 Å². The van der Waals surface area contributed by atoms with Gasteiger partial charge in [-0.1, -0.05) is 18.2 Å². The van der Waals surface area contributed by atoms with Gasteiger partial charge in [0.2, 0.25) is 0 Å². The molecular formula is C24H30N2O4. The Labute approximate surface area is 177 Å². The molecule has 0 radical (unpaired) electrons. The van der Waals surface area contributed by atoms with Gasteiger partial charge in [0.1, 0.15) is 11.3 Å². The average Bonchev–Trinajstić information content (AvgIpc) is 2.90. The number of Topliss-reactive ketones (excluding diaryl/α,β-unsaturated/α-hetero) is 1. The van der Waals surface area contributed by atoms with Crippen LogP contribution in [0.25, 0.3) is 0 Å². The number of urea groups is 1. The van der Waals surface area contributed by atoms with Crippen LogP contribution in [0.4, 0.5) is 4.79 Å². The molecule has 1 N–H and O–H groups in total. The number of imide groups is 1. The lowest BCUT2D eigenvalue weighted by Crippen LogP contribution is -2.53. The van der Waals surface area contributed by atoms with Gasteiger partial charge in [-0.25, -0.2) is 4.79 Å². The molecule has 1 atom stereocenters. The molecule has 1 aromatic carbocycles. The molecule has 0 spiro atoms. The molecule has 6 nitrogen and oxygen atoms in total. The monoisotopic (exact) mass is 410 g/mol. The van der Waals surface area contributed by atoms with Gasteiger partial charge in [0.15, 0.2) is 5.78 Å². The fourth-order valence-electron chi connectivity index (χ4n) is 7.00. The van der Waals surface area contributed by atoms with Gasteiger partial charge in [-0.3, -0.25) is 14.5 Å². The lowest BCUT2D eigenvalue weighted by atomic mass is 9.48. The van der Waals surface area contributed by atoms with Crippen molar-refractivity contribution in [2.45, 2.75) is 57.4 Å². The molecule has 6 heteroatoms. The number of carbonyl (C=O) groups excluding carboxylic acids is 3. The van der Waals surface area contributed by atoms with Crippen LogP contribution in [0.15, 0.2) is 24.3 Å². The van der Waals surface area contributed by atoms with Gasteiger partial charge in [-0.2, -0.15) is 0 Å². The molecule has 1 aromatic rings. The Morgan fingerprint density at radius 2 is 1.70 bits per heavy atom. The number of rotatable bonds is 6. The third-order valence-electron chi connectivity index (χ3n) is 8.01. The Morgan fingerprint density at radius 1 is 1.10 bits per heavy atom. The van der Waals surface area contributed by atoms with Crippen molar-refractivity contribution >= 4 is 17.7 Å². The van der Waals surface area contributed by atoms with E-state index in [0.29, 0.717) is 29.9 Å². The van der Waals surface area contributed by atoms with Crippen molar-refractivity contribution < 1.29 is 19.1 Å². The van der Waals surface area contributed by atoms with E-state index in [4.69, 9.17) is 4.74 Å². The SMILES string of the molecule is COc1ccccc1C[C@]1(C)NC(=O)N(CC(=O)C23CC4CC(CC(C4)C2)C3)C1=O. The molecule has 4 bridgehead atoms. The van der Waals surface area contributed by atoms with Gasteiger partial charge in [-0.05, 0) is 74.8 Å². The van der Waals surface area contributed by atoms with Crippen LogP contribution in [0.3, 0.4) is 0 Å². The fraction of sp³-hybridized carbons (Fsp3) is 0.625. The van der Waals surface area contributed by atoms with Gasteiger partial charge in [0.25, 0.3) is 5.91 Å². The number of para-hydroxylation sites is 1. The molecule has 0 unspecified atom stereocenters. The van der Waals surface area contributed by atoms with Crippen molar-refractivity contribution in [1.82, 2.24) is 10.2 Å². The van der Waals surface area contributed by atoms with Crippen LogP contribution in [0, 0.1) is 23.2 Å². The maximum Gasteiger partial charge on any atom is 0.325 e. The van der Waals surface area contributed by atoms with Crippen molar-refractivity contribution in [3.63, 3.8) is 0 Å². The molecule has 5 fully saturated rings. The van der Waals surface area contributed by atoms with Crippen molar-refractivity contribution in [1.29, 1.82) is 0 Å². The fourth-order valence-corrected chi connectivity index (χ4v) is 7.00. The Balaban J connectivity index is 1.33. The molecule has 4 aliphatic carbocycles. The third kappa shape index (κ3) is 3.03. The van der Waals surface area contributed by atoms with E-state index in [1.165, 1.54) is 19.3 Å². The maximum atomic E-state index is 13.4. The molecule has 3 amide bonds. The lowest BCUT2D eigenvalue weighted by molar-refractivity contribution is -0.147. The number of hydrogen-bond acceptors (Lipinski definition) is 4. The second kappa shape index (κ2) is 6.82. The van der Waals surface area contributed by atoms with Gasteiger partial charge in [0.05, 0.1) is 13.7 Å². The second-order valence-corrected chi connectivity index (χ2v) is 10.3. The van der Waals surface area contributed by atoms with Crippen molar-refractivity contribution in [2.75, 3.05) is 13.7 Å². The van der Waals surface area contributed by atoms with E-state index in [9.17, 15) is 14.4 Å². The number of hydrogen-bond donors (Lipinski definition) is 1. The third-order valence-corrected chi connectivity index (χ3v) is 8.01. The Morgan fingerprint density at radius 3 is 2.30 bits per heavy atom. The summed E-state index contributed by atoms with van der Waals surface area (Å²) in [6.45, 7) is 1.63. The first-order valence-corrected chi connectivity index (χ1v) is 11.1. The highest BCUT2D eigenvalue weighted by Gasteiger charge is 2.56. The first-order valence-electron chi connectivity index (χ1n) is 11.1. The molecule has 1 aliphatic heterocycles. The highest BCUT2D eigenvalue weighted by Crippen LogP contribution is 2.60. The van der Waals surface area contributed by atoms with Gasteiger partial charge < -0.3 is 10.1 Å². The highest BCUT2D eigenvalue weighted by molar-refractivity contribution is 6.09. The summed E-state index contributed by atoms with van der Waals surface area (Å²) in [4.78, 5) is 40.5. The molecule has 1 heterocycles. The number of benzene rings is 1. The quantitative estimate of drug-likeness (QED) is 0.730. The molecular weight excluding hydrogens is 380 g/mol. The molecule has 1 saturated heterocycles. The molecule has 5 aliphatic rings. The summed E-state index contributed by atoms with van der Waals surface area (Å²) in [6.07, 6.45) is 6.93. The second-order valence-electron chi connectivity index (χ2n) is 10.3. The normalized spacial score (nSPS) is 36.9. The van der Waals surface area contributed by atoms with Gasteiger partial charge in [0, 0.05) is 11.8 Å². The van der Waals surface area contributed by atoms with Crippen LogP contribution >= 0.6 is 0 Å². The number of ketones is 1. The summed E-state index contributed by atoms with van der Waals surface area (Å²) in [5.41, 5.74) is -0.532. The summed E-state index contributed by atoms with van der Waals surface area (Å²) in [6, 6.07) is 7.03. The summed E-state index contributed by atoms with van der Waals surface area (Å²) < 4.78 is 5.40. The van der Waals surface area contributed by atoms with E-state index < -0.39 is 11.6 Å². The Kier molecular flexibility index (Phi) is 4.46. The van der Waals surface area contributed by atoms with Crippen LogP contribution in [0.5, 0.6) is 5.75 Å². The number of carbonyl (C=O) groups is 3. The highest BCUT2D eigenvalue weighted by atomic mass is 16.5. The van der Waals surface area contributed by atoms with E-state index in [0.717, 1.165) is 29.7 Å². The number of ether oxygens (including phenoxy) is 1. The van der Waals surface area contributed by atoms with Crippen LogP contribution in [0.2, 0.25) is 0 Å². The zero-order chi connectivity index (χ0) is 21.1. The summed E-state index contributed by atoms with van der Waals surface area (Å²) in [7, 11) is 1.59. The summed E-state index contributed by atoms with van der Waals surface area (Å²) in [5, 5.41) is 2.84. The molecule has 30 heavy (non-hydrogen) atoms. The zero-order valence-corrected chi connectivity index (χ0v) is 17.8. The maximum absolute atomic E-state index is 13.4. The van der Waals surface area contributed by atoms with E-state index in [1.54, 1.807) is 14.0 Å². The van der Waals surface area contributed by atoms with E-state index in [1.807, 2.05) is 24.3 Å². The predicted octanol–water partition coefficient (Wildman–Crippen LogP) is 3.33. The van der Waals surface area contributed by atoms with Crippen LogP contribution in [-0.2, 0) is 16.0 Å². The van der Waals surface area contributed by atoms with Crippen molar-refractivity contribution in [3.05, 3.63) is 29.8 Å². The molecule has 160 valence electrons. The van der Waals surface area contributed by atoms with Crippen LogP contribution in [-0.4, -0.2) is 41.8 Å². The Hall–Kier alpha value is -2.37. The van der Waals surface area contributed by atoms with Gasteiger partial charge >= 0.3 is 6.03 Å². The first-order chi connectivity index (χ1) is 14.3. The number of methoxy groups -OCH3 is 1. The zero-order valence-electron chi connectivity index (χ0n) is 17.8. The topological polar surface area (TPSA) is 75.7 Å². The minimum absolute atomic E-state index is 0.0895. The van der Waals surface area contributed by atoms with Crippen molar-refractivity contribution in [2.24, 2.45) is 23.2 Å². The average molecular weight is 411 g/mol. The molecule has 4 saturated carbocycles. The number of nitrogens with one attached hydrogen (secondary N) is 1. The van der Waals surface area contributed by atoms with Crippen LogP contribution in [0.1, 0.15) is 51.0 Å².